The molecule has 2 aliphatic heterocycles. The lowest BCUT2D eigenvalue weighted by Gasteiger charge is -2.38. The van der Waals surface area contributed by atoms with Crippen LogP contribution >= 0.6 is 0 Å². The van der Waals surface area contributed by atoms with E-state index in [-0.39, 0.29) is 29.5 Å². The van der Waals surface area contributed by atoms with Gasteiger partial charge in [-0.05, 0) is 68.7 Å². The summed E-state index contributed by atoms with van der Waals surface area (Å²) in [5.41, 5.74) is -0.425. The van der Waals surface area contributed by atoms with E-state index in [9.17, 15) is 31.5 Å². The van der Waals surface area contributed by atoms with Gasteiger partial charge in [0.25, 0.3) is 0 Å². The number of aromatic nitrogens is 5. The first-order valence-corrected chi connectivity index (χ1v) is 16.3. The Morgan fingerprint density at radius 1 is 1.11 bits per heavy atom. The van der Waals surface area contributed by atoms with Gasteiger partial charge in [0.2, 0.25) is 21.7 Å². The second-order valence-corrected chi connectivity index (χ2v) is 14.5. The normalized spacial score (nSPS) is 18.8. The Balaban J connectivity index is 1.46. The van der Waals surface area contributed by atoms with Crippen molar-refractivity contribution in [2.75, 3.05) is 19.8 Å². The van der Waals surface area contributed by atoms with Gasteiger partial charge in [-0.3, -0.25) is 14.2 Å². The number of rotatable bonds is 6. The highest BCUT2D eigenvalue weighted by molar-refractivity contribution is 7.89. The van der Waals surface area contributed by atoms with Gasteiger partial charge in [0.1, 0.15) is 10.5 Å². The van der Waals surface area contributed by atoms with E-state index < -0.39 is 44.9 Å². The quantitative estimate of drug-likeness (QED) is 0.309. The number of hydrogen-bond acceptors (Lipinski definition) is 9. The number of aliphatic carboxylic acids is 1. The Kier molecular flexibility index (Phi) is 8.04. The third-order valence-electron chi connectivity index (χ3n) is 9.09. The van der Waals surface area contributed by atoms with Gasteiger partial charge in [0, 0.05) is 36.8 Å². The van der Waals surface area contributed by atoms with Gasteiger partial charge >= 0.3 is 12.1 Å². The summed E-state index contributed by atoms with van der Waals surface area (Å²) in [6.45, 7) is 6.97. The van der Waals surface area contributed by atoms with Crippen LogP contribution in [0.15, 0.2) is 47.6 Å². The number of halogens is 3. The highest BCUT2D eigenvalue weighted by Crippen LogP contribution is 2.44. The number of ether oxygens (including phenoxy) is 2. The molecular formula is C31H33F3N6O6S. The smallest absolute Gasteiger partial charge is 0.452 e. The van der Waals surface area contributed by atoms with Crippen LogP contribution in [0.1, 0.15) is 66.5 Å². The van der Waals surface area contributed by atoms with Crippen molar-refractivity contribution in [3.63, 3.8) is 0 Å². The summed E-state index contributed by atoms with van der Waals surface area (Å²) in [5.74, 6) is -3.31. The SMILES string of the molecule is Cc1ccc([C@@H](c2ccn3c(C(F)(F)F)nnc3c2C)C(C)(C)C(=O)O)nc1CN1CC2(CCOCC2)Oc2ncccc2S1(=O)=O. The second-order valence-electron chi connectivity index (χ2n) is 12.5. The molecule has 6 heterocycles. The molecule has 0 amide bonds. The molecule has 1 N–H and O–H groups in total. The fraction of sp³-hybridized carbons (Fsp3) is 0.452. The molecule has 16 heteroatoms. The largest absolute Gasteiger partial charge is 0.481 e. The predicted molar refractivity (Wildman–Crippen MR) is 160 cm³/mol. The van der Waals surface area contributed by atoms with Crippen LogP contribution in [-0.2, 0) is 32.3 Å². The number of sulfonamides is 1. The summed E-state index contributed by atoms with van der Waals surface area (Å²) in [4.78, 5) is 21.7. The fourth-order valence-corrected chi connectivity index (χ4v) is 7.84. The highest BCUT2D eigenvalue weighted by atomic mass is 32.2. The standard InChI is InChI=1S/C31H33F3N6O6S/c1-18-7-8-21(24(29(3,4)28(41)42)20-9-13-40-25(19(20)2)37-38-27(40)31(32,33)34)36-22(18)16-39-17-30(10-14-45-15-11-30)46-26-23(47(39,43)44)6-5-12-35-26/h5-9,12-13,24H,10-11,14-17H2,1-4H3,(H,41,42)/t24-/m1/s1. The van der Waals surface area contributed by atoms with Crippen molar-refractivity contribution in [3.8, 4) is 5.88 Å². The minimum Gasteiger partial charge on any atom is -0.481 e. The Hall–Kier alpha value is -4.15. The third-order valence-corrected chi connectivity index (χ3v) is 10.9. The third kappa shape index (κ3) is 5.71. The summed E-state index contributed by atoms with van der Waals surface area (Å²) >= 11 is 0. The Bertz CT molecular complexity index is 1970. The molecule has 1 spiro atoms. The fourth-order valence-electron chi connectivity index (χ4n) is 6.30. The molecule has 0 bridgehead atoms. The lowest BCUT2D eigenvalue weighted by molar-refractivity contribution is -0.147. The first-order chi connectivity index (χ1) is 22.0. The number of hydrogen-bond donors (Lipinski definition) is 1. The summed E-state index contributed by atoms with van der Waals surface area (Å²) in [5, 5.41) is 17.4. The van der Waals surface area contributed by atoms with Gasteiger partial charge in [-0.1, -0.05) is 6.07 Å². The summed E-state index contributed by atoms with van der Waals surface area (Å²) in [6, 6.07) is 7.78. The van der Waals surface area contributed by atoms with Crippen molar-refractivity contribution >= 4 is 21.6 Å². The number of pyridine rings is 3. The molecule has 0 radical (unpaired) electrons. The number of carboxylic acid groups (broad SMARTS) is 1. The molecule has 0 unspecified atom stereocenters. The van der Waals surface area contributed by atoms with E-state index in [1.54, 1.807) is 26.0 Å². The Morgan fingerprint density at radius 3 is 2.51 bits per heavy atom. The molecule has 0 aromatic carbocycles. The minimum absolute atomic E-state index is 0.00858. The highest BCUT2D eigenvalue weighted by Gasteiger charge is 2.46. The first kappa shape index (κ1) is 32.8. The lowest BCUT2D eigenvalue weighted by atomic mass is 9.72. The van der Waals surface area contributed by atoms with E-state index in [1.165, 1.54) is 48.7 Å². The molecule has 0 aliphatic carbocycles. The maximum atomic E-state index is 14.1. The summed E-state index contributed by atoms with van der Waals surface area (Å²) in [7, 11) is -4.12. The Labute approximate surface area is 268 Å². The molecule has 1 fully saturated rings. The molecule has 250 valence electrons. The molecule has 0 saturated carbocycles. The van der Waals surface area contributed by atoms with E-state index in [2.05, 4.69) is 15.2 Å². The van der Waals surface area contributed by atoms with Crippen LogP contribution in [0.5, 0.6) is 5.88 Å². The molecule has 4 aromatic rings. The number of carboxylic acids is 1. The minimum atomic E-state index is -4.75. The number of aryl methyl sites for hydroxylation is 2. The van der Waals surface area contributed by atoms with Gasteiger partial charge in [-0.25, -0.2) is 13.4 Å². The maximum Gasteiger partial charge on any atom is 0.452 e. The number of alkyl halides is 3. The van der Waals surface area contributed by atoms with Crippen molar-refractivity contribution < 1.29 is 41.0 Å². The molecule has 12 nitrogen and oxygen atoms in total. The van der Waals surface area contributed by atoms with Crippen molar-refractivity contribution in [2.45, 2.75) is 69.7 Å². The molecule has 6 rings (SSSR count). The van der Waals surface area contributed by atoms with Crippen molar-refractivity contribution in [1.82, 2.24) is 28.9 Å². The Morgan fingerprint density at radius 2 is 1.83 bits per heavy atom. The average molecular weight is 675 g/mol. The van der Waals surface area contributed by atoms with Crippen LogP contribution in [0.4, 0.5) is 13.2 Å². The molecule has 1 atom stereocenters. The van der Waals surface area contributed by atoms with Crippen molar-refractivity contribution in [3.05, 3.63) is 76.6 Å². The molecule has 47 heavy (non-hydrogen) atoms. The predicted octanol–water partition coefficient (Wildman–Crippen LogP) is 4.53. The van der Waals surface area contributed by atoms with E-state index >= 15 is 0 Å². The van der Waals surface area contributed by atoms with Gasteiger partial charge in [-0.2, -0.15) is 17.5 Å². The zero-order valence-electron chi connectivity index (χ0n) is 26.1. The van der Waals surface area contributed by atoms with Crippen molar-refractivity contribution in [1.29, 1.82) is 0 Å². The van der Waals surface area contributed by atoms with Crippen LogP contribution in [0.2, 0.25) is 0 Å². The van der Waals surface area contributed by atoms with Crippen LogP contribution in [0.25, 0.3) is 5.65 Å². The second kappa shape index (κ2) is 11.5. The van der Waals surface area contributed by atoms with E-state index in [4.69, 9.17) is 14.5 Å². The lowest BCUT2D eigenvalue weighted by Crippen LogP contribution is -2.50. The summed E-state index contributed by atoms with van der Waals surface area (Å²) in [6.07, 6.45) is -1.23. The molecule has 4 aromatic heterocycles. The first-order valence-electron chi connectivity index (χ1n) is 14.9. The number of fused-ring (bicyclic) bond motifs is 2. The van der Waals surface area contributed by atoms with Gasteiger partial charge in [-0.15, -0.1) is 10.2 Å². The van der Waals surface area contributed by atoms with Crippen LogP contribution in [-0.4, -0.2) is 73.7 Å². The van der Waals surface area contributed by atoms with Crippen LogP contribution in [0.3, 0.4) is 0 Å². The van der Waals surface area contributed by atoms with Gasteiger partial charge in [0.05, 0.1) is 37.4 Å². The molecular weight excluding hydrogens is 641 g/mol. The maximum absolute atomic E-state index is 14.1. The van der Waals surface area contributed by atoms with E-state index in [0.717, 1.165) is 4.40 Å². The average Bonchev–Trinajstić information content (AvgIpc) is 3.43. The van der Waals surface area contributed by atoms with E-state index in [1.807, 2.05) is 0 Å². The number of carbonyl (C=O) groups is 1. The molecule has 1 saturated heterocycles. The zero-order valence-corrected chi connectivity index (χ0v) is 26.9. The topological polar surface area (TPSA) is 149 Å². The van der Waals surface area contributed by atoms with Gasteiger partial charge in [0.15, 0.2) is 5.65 Å². The summed E-state index contributed by atoms with van der Waals surface area (Å²) < 4.78 is 82.9. The van der Waals surface area contributed by atoms with E-state index in [0.29, 0.717) is 54.1 Å². The number of nitrogens with zero attached hydrogens (tertiary/aromatic N) is 6. The van der Waals surface area contributed by atoms with Crippen LogP contribution < -0.4 is 4.74 Å². The van der Waals surface area contributed by atoms with Crippen molar-refractivity contribution in [2.24, 2.45) is 5.41 Å². The monoisotopic (exact) mass is 674 g/mol. The zero-order chi connectivity index (χ0) is 33.9. The van der Waals surface area contributed by atoms with Gasteiger partial charge < -0.3 is 14.6 Å². The molecule has 2 aliphatic rings. The van der Waals surface area contributed by atoms with Crippen LogP contribution in [0, 0.1) is 19.3 Å².